The number of benzene rings is 2. The zero-order valence-electron chi connectivity index (χ0n) is 18.2. The van der Waals surface area contributed by atoms with Crippen molar-refractivity contribution in [1.82, 2.24) is 9.80 Å². The summed E-state index contributed by atoms with van der Waals surface area (Å²) in [6.45, 7) is 3.38. The number of amides is 2. The number of carbonyl (C=O) groups excluding carboxylic acids is 2. The number of piperazine rings is 1. The van der Waals surface area contributed by atoms with Crippen LogP contribution in [0.15, 0.2) is 48.5 Å². The van der Waals surface area contributed by atoms with Crippen LogP contribution < -0.4 is 0 Å². The number of nitrogens with zero attached hydrogens (tertiary/aromatic N) is 2. The molecule has 0 atom stereocenters. The average Bonchev–Trinajstić information content (AvgIpc) is 3.57. The molecule has 1 heterocycles. The summed E-state index contributed by atoms with van der Waals surface area (Å²) in [6.07, 6.45) is 1.04. The van der Waals surface area contributed by atoms with Crippen LogP contribution in [0.5, 0.6) is 0 Å². The first kappa shape index (κ1) is 22.5. The summed E-state index contributed by atoms with van der Waals surface area (Å²) in [7, 11) is -3.10. The van der Waals surface area contributed by atoms with Crippen molar-refractivity contribution in [3.05, 3.63) is 59.7 Å². The van der Waals surface area contributed by atoms with E-state index in [1.807, 2.05) is 30.3 Å². The number of carbonyl (C=O) groups is 2. The van der Waals surface area contributed by atoms with Crippen LogP contribution in [0, 0.1) is 0 Å². The van der Waals surface area contributed by atoms with Crippen LogP contribution in [-0.4, -0.2) is 72.7 Å². The molecule has 0 radical (unpaired) electrons. The summed E-state index contributed by atoms with van der Waals surface area (Å²) in [5, 5.41) is 10.0. The molecule has 1 saturated carbocycles. The van der Waals surface area contributed by atoms with E-state index >= 15 is 0 Å². The highest BCUT2D eigenvalue weighted by Crippen LogP contribution is 2.37. The van der Waals surface area contributed by atoms with Gasteiger partial charge in [-0.1, -0.05) is 43.3 Å². The predicted octanol–water partition coefficient (Wildman–Crippen LogP) is 2.10. The van der Waals surface area contributed by atoms with Gasteiger partial charge in [0.15, 0.2) is 9.84 Å². The second-order valence-electron chi connectivity index (χ2n) is 8.57. The van der Waals surface area contributed by atoms with Crippen molar-refractivity contribution in [1.29, 1.82) is 0 Å². The monoisotopic (exact) mass is 456 g/mol. The van der Waals surface area contributed by atoms with Crippen LogP contribution in [0.2, 0.25) is 0 Å². The van der Waals surface area contributed by atoms with Crippen molar-refractivity contribution in [2.75, 3.05) is 31.9 Å². The van der Waals surface area contributed by atoms with Gasteiger partial charge in [0, 0.05) is 37.5 Å². The highest BCUT2D eigenvalue weighted by Gasteiger charge is 2.50. The Morgan fingerprint density at radius 2 is 1.56 bits per heavy atom. The Kier molecular flexibility index (Phi) is 6.09. The summed E-state index contributed by atoms with van der Waals surface area (Å²) >= 11 is 0. The standard InChI is InChI=1S/C24H28N2O5S/c1-2-32(30,31)17-18-4-3-5-21(16-18)19-6-8-20(9-7-19)22(27)25-12-14-26(15-13-25)23(28)24(29)10-11-24/h3-9,16,29H,2,10-15,17H2,1H3. The molecule has 170 valence electrons. The molecular formula is C24H28N2O5S. The minimum Gasteiger partial charge on any atom is -0.380 e. The summed E-state index contributed by atoms with van der Waals surface area (Å²) in [6, 6.07) is 14.7. The van der Waals surface area contributed by atoms with E-state index in [-0.39, 0.29) is 23.3 Å². The highest BCUT2D eigenvalue weighted by molar-refractivity contribution is 7.90. The van der Waals surface area contributed by atoms with Gasteiger partial charge in [0.2, 0.25) is 0 Å². The van der Waals surface area contributed by atoms with Crippen LogP contribution in [0.25, 0.3) is 11.1 Å². The van der Waals surface area contributed by atoms with Crippen LogP contribution in [0.4, 0.5) is 0 Å². The summed E-state index contributed by atoms with van der Waals surface area (Å²) in [5.41, 5.74) is 1.95. The van der Waals surface area contributed by atoms with E-state index in [4.69, 9.17) is 0 Å². The molecule has 1 aliphatic carbocycles. The minimum atomic E-state index is -3.10. The Hall–Kier alpha value is -2.71. The van der Waals surface area contributed by atoms with Gasteiger partial charge < -0.3 is 14.9 Å². The first-order valence-corrected chi connectivity index (χ1v) is 12.7. The van der Waals surface area contributed by atoms with Gasteiger partial charge in [-0.15, -0.1) is 0 Å². The van der Waals surface area contributed by atoms with E-state index in [2.05, 4.69) is 0 Å². The Morgan fingerprint density at radius 3 is 2.16 bits per heavy atom. The van der Waals surface area contributed by atoms with Crippen molar-refractivity contribution < 1.29 is 23.1 Å². The van der Waals surface area contributed by atoms with Crippen LogP contribution >= 0.6 is 0 Å². The summed E-state index contributed by atoms with van der Waals surface area (Å²) in [5.74, 6) is -0.184. The lowest BCUT2D eigenvalue weighted by Gasteiger charge is -2.35. The average molecular weight is 457 g/mol. The van der Waals surface area contributed by atoms with E-state index in [0.29, 0.717) is 44.6 Å². The normalized spacial score (nSPS) is 17.8. The molecule has 1 aliphatic heterocycles. The molecular weight excluding hydrogens is 428 g/mol. The van der Waals surface area contributed by atoms with E-state index in [0.717, 1.165) is 16.7 Å². The van der Waals surface area contributed by atoms with Crippen LogP contribution in [-0.2, 0) is 20.4 Å². The zero-order chi connectivity index (χ0) is 22.9. The van der Waals surface area contributed by atoms with Gasteiger partial charge in [-0.3, -0.25) is 9.59 Å². The lowest BCUT2D eigenvalue weighted by molar-refractivity contribution is -0.143. The maximum Gasteiger partial charge on any atom is 0.254 e. The van der Waals surface area contributed by atoms with Crippen molar-refractivity contribution in [3.8, 4) is 11.1 Å². The van der Waals surface area contributed by atoms with Crippen molar-refractivity contribution in [2.45, 2.75) is 31.1 Å². The lowest BCUT2D eigenvalue weighted by atomic mass is 10.0. The first-order chi connectivity index (χ1) is 15.2. The molecule has 2 aliphatic rings. The number of rotatable bonds is 6. The Morgan fingerprint density at radius 1 is 0.938 bits per heavy atom. The third kappa shape index (κ3) is 4.86. The van der Waals surface area contributed by atoms with E-state index in [1.54, 1.807) is 34.9 Å². The summed E-state index contributed by atoms with van der Waals surface area (Å²) in [4.78, 5) is 28.5. The number of aliphatic hydroxyl groups is 1. The molecule has 0 aromatic heterocycles. The van der Waals surface area contributed by atoms with Gasteiger partial charge in [0.25, 0.3) is 11.8 Å². The maximum absolute atomic E-state index is 12.9. The molecule has 32 heavy (non-hydrogen) atoms. The lowest BCUT2D eigenvalue weighted by Crippen LogP contribution is -2.53. The molecule has 2 aromatic carbocycles. The van der Waals surface area contributed by atoms with Crippen LogP contribution in [0.3, 0.4) is 0 Å². The molecule has 0 unspecified atom stereocenters. The largest absolute Gasteiger partial charge is 0.380 e. The van der Waals surface area contributed by atoms with Gasteiger partial charge >= 0.3 is 0 Å². The quantitative estimate of drug-likeness (QED) is 0.718. The Bertz CT molecular complexity index is 1120. The fraction of sp³-hybridized carbons (Fsp3) is 0.417. The van der Waals surface area contributed by atoms with Crippen LogP contribution in [0.1, 0.15) is 35.7 Å². The van der Waals surface area contributed by atoms with Crippen molar-refractivity contribution >= 4 is 21.7 Å². The molecule has 0 spiro atoms. The molecule has 4 rings (SSSR count). The van der Waals surface area contributed by atoms with Gasteiger partial charge in [-0.25, -0.2) is 8.42 Å². The number of hydrogen-bond acceptors (Lipinski definition) is 5. The SMILES string of the molecule is CCS(=O)(=O)Cc1cccc(-c2ccc(C(=O)N3CCN(C(=O)C4(O)CC4)CC3)cc2)c1. The maximum atomic E-state index is 12.9. The predicted molar refractivity (Wildman–Crippen MR) is 122 cm³/mol. The molecule has 8 heteroatoms. The van der Waals surface area contributed by atoms with Gasteiger partial charge in [0.1, 0.15) is 5.60 Å². The van der Waals surface area contributed by atoms with Crippen molar-refractivity contribution in [3.63, 3.8) is 0 Å². The number of sulfone groups is 1. The highest BCUT2D eigenvalue weighted by atomic mass is 32.2. The topological polar surface area (TPSA) is 95.0 Å². The van der Waals surface area contributed by atoms with E-state index in [9.17, 15) is 23.1 Å². The molecule has 2 amide bonds. The molecule has 0 bridgehead atoms. The minimum absolute atomic E-state index is 0.0137. The van der Waals surface area contributed by atoms with Gasteiger partial charge in [-0.2, -0.15) is 0 Å². The third-order valence-corrected chi connectivity index (χ3v) is 7.85. The second-order valence-corrected chi connectivity index (χ2v) is 10.9. The fourth-order valence-corrected chi connectivity index (χ4v) is 4.82. The second kappa shape index (κ2) is 8.67. The van der Waals surface area contributed by atoms with Crippen molar-refractivity contribution in [2.24, 2.45) is 0 Å². The number of hydrogen-bond donors (Lipinski definition) is 1. The van der Waals surface area contributed by atoms with Gasteiger partial charge in [0.05, 0.1) is 5.75 Å². The van der Waals surface area contributed by atoms with E-state index in [1.165, 1.54) is 0 Å². The molecule has 2 fully saturated rings. The molecule has 2 aromatic rings. The smallest absolute Gasteiger partial charge is 0.254 e. The summed E-state index contributed by atoms with van der Waals surface area (Å²) < 4.78 is 23.8. The molecule has 1 saturated heterocycles. The first-order valence-electron chi connectivity index (χ1n) is 10.9. The van der Waals surface area contributed by atoms with E-state index < -0.39 is 15.4 Å². The fourth-order valence-electron chi connectivity index (χ4n) is 3.92. The Labute approximate surface area is 188 Å². The zero-order valence-corrected chi connectivity index (χ0v) is 19.0. The van der Waals surface area contributed by atoms with Gasteiger partial charge in [-0.05, 0) is 41.7 Å². The third-order valence-electron chi connectivity index (χ3n) is 6.19. The molecule has 7 nitrogen and oxygen atoms in total. The Balaban J connectivity index is 1.40. The molecule has 1 N–H and O–H groups in total.